The number of thioether (sulfide) groups is 1. The molecule has 0 saturated heterocycles. The Labute approximate surface area is 136 Å². The minimum absolute atomic E-state index is 0.279. The normalized spacial score (nSPS) is 26.5. The molecule has 1 unspecified atom stereocenters. The Balaban J connectivity index is 2.52. The number of hydrogen-bond acceptors (Lipinski definition) is 1. The third-order valence-corrected chi connectivity index (χ3v) is 12.5. The second kappa shape index (κ2) is 5.62. The van der Waals surface area contributed by atoms with Gasteiger partial charge in [0, 0.05) is 9.12 Å². The highest BCUT2D eigenvalue weighted by Gasteiger charge is 2.52. The molecule has 0 nitrogen and oxygen atoms in total. The number of allylic oxidation sites excluding steroid dienone is 7. The molecule has 2 aliphatic carbocycles. The van der Waals surface area contributed by atoms with Crippen LogP contribution in [0.4, 0.5) is 0 Å². The van der Waals surface area contributed by atoms with E-state index in [4.69, 9.17) is 0 Å². The van der Waals surface area contributed by atoms with Gasteiger partial charge in [-0.1, -0.05) is 80.6 Å². The monoisotopic (exact) mass is 318 g/mol. The molecule has 0 aromatic rings. The first kappa shape index (κ1) is 16.9. The summed E-state index contributed by atoms with van der Waals surface area (Å²) in [6.07, 6.45) is 14.4. The maximum Gasteiger partial charge on any atom is 0.103 e. The quantitative estimate of drug-likeness (QED) is 0.556. The van der Waals surface area contributed by atoms with Crippen LogP contribution in [0, 0.1) is 0 Å². The summed E-state index contributed by atoms with van der Waals surface area (Å²) in [6, 6.07) is 0. The van der Waals surface area contributed by atoms with E-state index in [2.05, 4.69) is 89.9 Å². The van der Waals surface area contributed by atoms with Crippen molar-refractivity contribution in [2.75, 3.05) is 0 Å². The molecule has 0 aromatic heterocycles. The van der Waals surface area contributed by atoms with Gasteiger partial charge >= 0.3 is 0 Å². The van der Waals surface area contributed by atoms with E-state index in [1.54, 1.807) is 10.8 Å². The van der Waals surface area contributed by atoms with Crippen LogP contribution >= 0.6 is 11.8 Å². The summed E-state index contributed by atoms with van der Waals surface area (Å²) in [4.78, 5) is 0. The van der Waals surface area contributed by atoms with E-state index in [-0.39, 0.29) is 9.12 Å². The van der Waals surface area contributed by atoms with Crippen LogP contribution in [0.3, 0.4) is 0 Å². The summed E-state index contributed by atoms with van der Waals surface area (Å²) in [5.41, 5.74) is 3.01. The summed E-state index contributed by atoms with van der Waals surface area (Å²) in [5.74, 6) is 0. The zero-order valence-corrected chi connectivity index (χ0v) is 16.5. The molecule has 0 amide bonds. The largest absolute Gasteiger partial charge is 0.147 e. The molecule has 0 spiro atoms. The average Bonchev–Trinajstić information content (AvgIpc) is 2.85. The Morgan fingerprint density at radius 3 is 2.29 bits per heavy atom. The van der Waals surface area contributed by atoms with Gasteiger partial charge in [-0.3, -0.25) is 0 Å². The molecule has 2 rings (SSSR count). The van der Waals surface area contributed by atoms with Crippen LogP contribution < -0.4 is 0 Å². The van der Waals surface area contributed by atoms with E-state index in [0.29, 0.717) is 0 Å². The highest BCUT2D eigenvalue weighted by molar-refractivity contribution is 8.04. The van der Waals surface area contributed by atoms with E-state index in [9.17, 15) is 0 Å². The molecule has 0 heterocycles. The number of hydrogen-bond donors (Lipinski definition) is 0. The summed E-state index contributed by atoms with van der Waals surface area (Å²) in [6.45, 7) is 16.8. The van der Waals surface area contributed by atoms with Crippen LogP contribution in [-0.4, -0.2) is 17.2 Å². The lowest BCUT2D eigenvalue weighted by Gasteiger charge is -2.50. The first-order valence-corrected chi connectivity index (χ1v) is 11.8. The third kappa shape index (κ3) is 3.17. The lowest BCUT2D eigenvalue weighted by Crippen LogP contribution is -2.56. The molecule has 0 saturated carbocycles. The van der Waals surface area contributed by atoms with Crippen LogP contribution in [0.5, 0.6) is 0 Å². The zero-order valence-electron chi connectivity index (χ0n) is 14.7. The second-order valence-corrected chi connectivity index (χ2v) is 15.1. The molecule has 0 aromatic carbocycles. The van der Waals surface area contributed by atoms with Gasteiger partial charge in [-0.05, 0) is 26.7 Å². The minimum atomic E-state index is -1.60. The molecular formula is C19H30SSi. The first-order valence-electron chi connectivity index (χ1n) is 8.01. The Morgan fingerprint density at radius 1 is 1.14 bits per heavy atom. The molecule has 0 radical (unpaired) electrons. The summed E-state index contributed by atoms with van der Waals surface area (Å²) >= 11 is 2.20. The minimum Gasteiger partial charge on any atom is -0.147 e. The lowest BCUT2D eigenvalue weighted by molar-refractivity contribution is 0.767. The highest BCUT2D eigenvalue weighted by atomic mass is 32.2. The Hall–Kier alpha value is -0.473. The second-order valence-electron chi connectivity index (χ2n) is 7.94. The predicted molar refractivity (Wildman–Crippen MR) is 102 cm³/mol. The van der Waals surface area contributed by atoms with Crippen molar-refractivity contribution >= 4 is 19.8 Å². The van der Waals surface area contributed by atoms with E-state index in [1.807, 2.05) is 0 Å². The van der Waals surface area contributed by atoms with Gasteiger partial charge in [-0.25, -0.2) is 0 Å². The standard InChI is InChI=1S/C19H30SSi/c1-15-12-13-19(16(2)14-15,20-18(3,4)5)21(6,7)17-10-8-9-11-17/h8,10-12,14H,9,13H2,1-7H3. The van der Waals surface area contributed by atoms with Gasteiger partial charge in [-0.15, -0.1) is 11.8 Å². The molecule has 2 heteroatoms. The molecule has 2 aliphatic rings. The fourth-order valence-corrected chi connectivity index (χ4v) is 10.7. The van der Waals surface area contributed by atoms with Gasteiger partial charge in [-0.2, -0.15) is 0 Å². The summed E-state index contributed by atoms with van der Waals surface area (Å²) < 4.78 is 0.562. The maximum atomic E-state index is 2.57. The molecule has 1 atom stereocenters. The maximum absolute atomic E-state index is 2.57. The number of rotatable bonds is 3. The molecule has 0 aliphatic heterocycles. The smallest absolute Gasteiger partial charge is 0.103 e. The fraction of sp³-hybridized carbons (Fsp3) is 0.579. The fourth-order valence-electron chi connectivity index (χ4n) is 3.66. The van der Waals surface area contributed by atoms with Crippen LogP contribution in [-0.2, 0) is 0 Å². The molecule has 0 bridgehead atoms. The topological polar surface area (TPSA) is 0 Å². The van der Waals surface area contributed by atoms with Crippen LogP contribution in [0.2, 0.25) is 13.1 Å². The Morgan fingerprint density at radius 2 is 1.81 bits per heavy atom. The van der Waals surface area contributed by atoms with Crippen LogP contribution in [0.1, 0.15) is 47.5 Å². The van der Waals surface area contributed by atoms with E-state index >= 15 is 0 Å². The van der Waals surface area contributed by atoms with Crippen molar-refractivity contribution in [1.82, 2.24) is 0 Å². The van der Waals surface area contributed by atoms with Gasteiger partial charge < -0.3 is 0 Å². The highest BCUT2D eigenvalue weighted by Crippen LogP contribution is 2.53. The molecule has 21 heavy (non-hydrogen) atoms. The summed E-state index contributed by atoms with van der Waals surface area (Å²) in [7, 11) is -1.60. The zero-order chi connectivity index (χ0) is 15.9. The Bertz CT molecular complexity index is 540. The van der Waals surface area contributed by atoms with E-state index in [0.717, 1.165) is 6.42 Å². The van der Waals surface area contributed by atoms with Gasteiger partial charge in [0.15, 0.2) is 0 Å². The van der Waals surface area contributed by atoms with Crippen molar-refractivity contribution in [1.29, 1.82) is 0 Å². The molecular weight excluding hydrogens is 288 g/mol. The SMILES string of the molecule is CC1=CCC(SC(C)(C)C)([Si](C)(C)C2=CCC=C2)C(C)=C1. The molecule has 0 N–H and O–H groups in total. The van der Waals surface area contributed by atoms with Gasteiger partial charge in [0.05, 0.1) is 0 Å². The third-order valence-electron chi connectivity index (χ3n) is 4.78. The van der Waals surface area contributed by atoms with Crippen molar-refractivity contribution in [2.24, 2.45) is 0 Å². The van der Waals surface area contributed by atoms with Gasteiger partial charge in [0.1, 0.15) is 8.07 Å². The van der Waals surface area contributed by atoms with E-state index < -0.39 is 8.07 Å². The van der Waals surface area contributed by atoms with E-state index in [1.165, 1.54) is 12.0 Å². The molecule has 0 fully saturated rings. The lowest BCUT2D eigenvalue weighted by atomic mass is 10.0. The van der Waals surface area contributed by atoms with Crippen molar-refractivity contribution < 1.29 is 0 Å². The summed E-state index contributed by atoms with van der Waals surface area (Å²) in [5, 5.41) is 1.64. The van der Waals surface area contributed by atoms with Gasteiger partial charge in [0.2, 0.25) is 0 Å². The Kier molecular flexibility index (Phi) is 4.52. The molecule has 116 valence electrons. The average molecular weight is 319 g/mol. The first-order chi connectivity index (χ1) is 9.58. The van der Waals surface area contributed by atoms with Gasteiger partial charge in [0.25, 0.3) is 0 Å². The van der Waals surface area contributed by atoms with Crippen LogP contribution in [0.25, 0.3) is 0 Å². The van der Waals surface area contributed by atoms with Crippen LogP contribution in [0.15, 0.2) is 46.7 Å². The van der Waals surface area contributed by atoms with Crippen molar-refractivity contribution in [3.63, 3.8) is 0 Å². The predicted octanol–water partition coefficient (Wildman–Crippen LogP) is 6.23. The van der Waals surface area contributed by atoms with Crippen molar-refractivity contribution in [3.05, 3.63) is 46.7 Å². The van der Waals surface area contributed by atoms with Crippen molar-refractivity contribution in [3.8, 4) is 0 Å². The van der Waals surface area contributed by atoms with Crippen molar-refractivity contribution in [2.45, 2.75) is 69.7 Å².